The first-order chi connectivity index (χ1) is 10.2. The largest absolute Gasteiger partial charge is 0.381 e. The number of amides is 2. The van der Waals surface area contributed by atoms with Crippen LogP contribution in [0.5, 0.6) is 0 Å². The van der Waals surface area contributed by atoms with Gasteiger partial charge in [-0.3, -0.25) is 9.59 Å². The van der Waals surface area contributed by atoms with Crippen LogP contribution in [0.25, 0.3) is 0 Å². The normalized spacial score (nSPS) is 16.4. The SMILES string of the molecule is Cl.NC(C(=O)NCCNC(=O)c1cccs1)C1CCOCC1. The van der Waals surface area contributed by atoms with Gasteiger partial charge in [0.05, 0.1) is 10.9 Å². The number of carbonyl (C=O) groups is 2. The Labute approximate surface area is 140 Å². The molecule has 2 amide bonds. The average molecular weight is 348 g/mol. The van der Waals surface area contributed by atoms with Gasteiger partial charge in [-0.05, 0) is 30.2 Å². The van der Waals surface area contributed by atoms with E-state index in [2.05, 4.69) is 10.6 Å². The maximum Gasteiger partial charge on any atom is 0.261 e. The number of halogens is 1. The second-order valence-electron chi connectivity index (χ2n) is 5.00. The van der Waals surface area contributed by atoms with E-state index in [1.807, 2.05) is 11.4 Å². The van der Waals surface area contributed by atoms with Crippen molar-refractivity contribution in [1.82, 2.24) is 10.6 Å². The molecule has 0 saturated carbocycles. The van der Waals surface area contributed by atoms with Crippen molar-refractivity contribution in [2.75, 3.05) is 26.3 Å². The molecule has 0 bridgehead atoms. The molecule has 0 aliphatic carbocycles. The summed E-state index contributed by atoms with van der Waals surface area (Å²) < 4.78 is 5.26. The zero-order chi connectivity index (χ0) is 15.1. The van der Waals surface area contributed by atoms with Crippen LogP contribution >= 0.6 is 23.7 Å². The first-order valence-corrected chi connectivity index (χ1v) is 7.99. The predicted molar refractivity (Wildman–Crippen MR) is 88.4 cm³/mol. The van der Waals surface area contributed by atoms with Gasteiger partial charge in [-0.2, -0.15) is 0 Å². The highest BCUT2D eigenvalue weighted by Crippen LogP contribution is 2.17. The highest BCUT2D eigenvalue weighted by molar-refractivity contribution is 7.12. The van der Waals surface area contributed by atoms with Crippen molar-refractivity contribution < 1.29 is 14.3 Å². The van der Waals surface area contributed by atoms with Crippen LogP contribution in [0.3, 0.4) is 0 Å². The lowest BCUT2D eigenvalue weighted by Crippen LogP contribution is -2.48. The van der Waals surface area contributed by atoms with E-state index in [1.54, 1.807) is 6.07 Å². The third-order valence-electron chi connectivity index (χ3n) is 3.53. The molecule has 4 N–H and O–H groups in total. The minimum Gasteiger partial charge on any atom is -0.381 e. The molecule has 0 radical (unpaired) electrons. The molecule has 0 aromatic carbocycles. The summed E-state index contributed by atoms with van der Waals surface area (Å²) in [7, 11) is 0. The van der Waals surface area contributed by atoms with E-state index in [4.69, 9.17) is 10.5 Å². The summed E-state index contributed by atoms with van der Waals surface area (Å²) in [6, 6.07) is 3.09. The molecule has 0 spiro atoms. The molecule has 124 valence electrons. The molecule has 1 saturated heterocycles. The molecular formula is C14H22ClN3O3S. The Morgan fingerprint density at radius 2 is 2.00 bits per heavy atom. The van der Waals surface area contributed by atoms with Crippen LogP contribution in [0.1, 0.15) is 22.5 Å². The van der Waals surface area contributed by atoms with Crippen LogP contribution in [-0.2, 0) is 9.53 Å². The monoisotopic (exact) mass is 347 g/mol. The van der Waals surface area contributed by atoms with Gasteiger partial charge in [0.1, 0.15) is 0 Å². The third kappa shape index (κ3) is 5.57. The van der Waals surface area contributed by atoms with E-state index in [0.29, 0.717) is 31.2 Å². The molecular weight excluding hydrogens is 326 g/mol. The second-order valence-corrected chi connectivity index (χ2v) is 5.95. The third-order valence-corrected chi connectivity index (χ3v) is 4.40. The Kier molecular flexibility index (Phi) is 8.40. The Morgan fingerprint density at radius 3 is 2.64 bits per heavy atom. The van der Waals surface area contributed by atoms with Gasteiger partial charge in [0.15, 0.2) is 0 Å². The minimum atomic E-state index is -0.498. The topological polar surface area (TPSA) is 93.5 Å². The van der Waals surface area contributed by atoms with E-state index in [0.717, 1.165) is 12.8 Å². The van der Waals surface area contributed by atoms with Crippen LogP contribution in [0.15, 0.2) is 17.5 Å². The summed E-state index contributed by atoms with van der Waals surface area (Å²) in [6.45, 7) is 2.11. The molecule has 1 aromatic heterocycles. The molecule has 8 heteroatoms. The lowest BCUT2D eigenvalue weighted by molar-refractivity contribution is -0.124. The number of carbonyl (C=O) groups excluding carboxylic acids is 2. The van der Waals surface area contributed by atoms with Crippen molar-refractivity contribution in [3.63, 3.8) is 0 Å². The van der Waals surface area contributed by atoms with E-state index >= 15 is 0 Å². The molecule has 2 rings (SSSR count). The molecule has 1 aromatic rings. The number of thiophene rings is 1. The molecule has 6 nitrogen and oxygen atoms in total. The zero-order valence-corrected chi connectivity index (χ0v) is 13.9. The second kappa shape index (κ2) is 9.78. The van der Waals surface area contributed by atoms with Crippen molar-refractivity contribution in [2.24, 2.45) is 11.7 Å². The summed E-state index contributed by atoms with van der Waals surface area (Å²) >= 11 is 1.39. The summed E-state index contributed by atoms with van der Waals surface area (Å²) in [4.78, 5) is 24.3. The fraction of sp³-hybridized carbons (Fsp3) is 0.571. The van der Waals surface area contributed by atoms with Crippen molar-refractivity contribution in [3.05, 3.63) is 22.4 Å². The summed E-state index contributed by atoms with van der Waals surface area (Å²) in [5.41, 5.74) is 5.96. The van der Waals surface area contributed by atoms with Gasteiger partial charge < -0.3 is 21.1 Å². The highest BCUT2D eigenvalue weighted by Gasteiger charge is 2.26. The van der Waals surface area contributed by atoms with Gasteiger partial charge in [0.2, 0.25) is 5.91 Å². The fourth-order valence-corrected chi connectivity index (χ4v) is 2.90. The van der Waals surface area contributed by atoms with Crippen molar-refractivity contribution in [1.29, 1.82) is 0 Å². The number of ether oxygens (including phenoxy) is 1. The van der Waals surface area contributed by atoms with Crippen LogP contribution in [-0.4, -0.2) is 44.2 Å². The smallest absolute Gasteiger partial charge is 0.261 e. The summed E-state index contributed by atoms with van der Waals surface area (Å²) in [6.07, 6.45) is 1.65. The van der Waals surface area contributed by atoms with Crippen LogP contribution in [0.4, 0.5) is 0 Å². The van der Waals surface area contributed by atoms with E-state index in [1.165, 1.54) is 11.3 Å². The van der Waals surface area contributed by atoms with Gasteiger partial charge in [-0.25, -0.2) is 0 Å². The molecule has 1 unspecified atom stereocenters. The lowest BCUT2D eigenvalue weighted by atomic mass is 9.92. The van der Waals surface area contributed by atoms with Gasteiger partial charge in [-0.15, -0.1) is 23.7 Å². The number of nitrogens with one attached hydrogen (secondary N) is 2. The van der Waals surface area contributed by atoms with E-state index < -0.39 is 6.04 Å². The Hall–Kier alpha value is -1.15. The number of hydrogen-bond acceptors (Lipinski definition) is 5. The summed E-state index contributed by atoms with van der Waals surface area (Å²) in [5.74, 6) is -0.0975. The fourth-order valence-electron chi connectivity index (χ4n) is 2.26. The lowest BCUT2D eigenvalue weighted by Gasteiger charge is -2.26. The maximum atomic E-state index is 11.9. The van der Waals surface area contributed by atoms with Gasteiger partial charge in [0, 0.05) is 26.3 Å². The number of rotatable bonds is 6. The number of hydrogen-bond donors (Lipinski definition) is 3. The molecule has 1 atom stereocenters. The molecule has 22 heavy (non-hydrogen) atoms. The minimum absolute atomic E-state index is 0. The quantitative estimate of drug-likeness (QED) is 0.663. The average Bonchev–Trinajstić information content (AvgIpc) is 3.05. The molecule has 1 aliphatic rings. The first kappa shape index (κ1) is 18.9. The maximum absolute atomic E-state index is 11.9. The van der Waals surface area contributed by atoms with Crippen LogP contribution in [0, 0.1) is 5.92 Å². The number of nitrogens with two attached hydrogens (primary N) is 1. The Morgan fingerprint density at radius 1 is 1.32 bits per heavy atom. The Bertz CT molecular complexity index is 464. The Balaban J connectivity index is 0.00000242. The van der Waals surface area contributed by atoms with E-state index in [-0.39, 0.29) is 30.1 Å². The van der Waals surface area contributed by atoms with Crippen LogP contribution < -0.4 is 16.4 Å². The standard InChI is InChI=1S/C14H21N3O3S.ClH/c15-12(10-3-7-20-8-4-10)14(19)17-6-5-16-13(18)11-2-1-9-21-11;/h1-2,9-10,12H,3-8,15H2,(H,16,18)(H,17,19);1H. The van der Waals surface area contributed by atoms with Crippen LogP contribution in [0.2, 0.25) is 0 Å². The van der Waals surface area contributed by atoms with Gasteiger partial charge in [0.25, 0.3) is 5.91 Å². The van der Waals surface area contributed by atoms with Crippen molar-refractivity contribution in [3.8, 4) is 0 Å². The first-order valence-electron chi connectivity index (χ1n) is 7.11. The highest BCUT2D eigenvalue weighted by atomic mass is 35.5. The predicted octanol–water partition coefficient (Wildman–Crippen LogP) is 0.770. The van der Waals surface area contributed by atoms with E-state index in [9.17, 15) is 9.59 Å². The van der Waals surface area contributed by atoms with Crippen molar-refractivity contribution >= 4 is 35.6 Å². The van der Waals surface area contributed by atoms with Crippen molar-refractivity contribution in [2.45, 2.75) is 18.9 Å². The zero-order valence-electron chi connectivity index (χ0n) is 12.2. The van der Waals surface area contributed by atoms with Gasteiger partial charge in [-0.1, -0.05) is 6.07 Å². The molecule has 1 fully saturated rings. The molecule has 1 aliphatic heterocycles. The molecule has 2 heterocycles. The van der Waals surface area contributed by atoms with Gasteiger partial charge >= 0.3 is 0 Å². The summed E-state index contributed by atoms with van der Waals surface area (Å²) in [5, 5.41) is 7.37.